The number of amides is 1. The van der Waals surface area contributed by atoms with E-state index in [2.05, 4.69) is 5.32 Å². The SMILES string of the molecule is COc1ccc(OC)c(C(C)NC(=O)COc2cc(C)ccc2C)c1. The molecular formula is C20H25NO4. The van der Waals surface area contributed by atoms with Gasteiger partial charge in [0.05, 0.1) is 20.3 Å². The van der Waals surface area contributed by atoms with E-state index in [4.69, 9.17) is 14.2 Å². The van der Waals surface area contributed by atoms with Crippen LogP contribution < -0.4 is 19.5 Å². The van der Waals surface area contributed by atoms with Gasteiger partial charge in [-0.3, -0.25) is 4.79 Å². The molecule has 25 heavy (non-hydrogen) atoms. The van der Waals surface area contributed by atoms with Gasteiger partial charge in [-0.15, -0.1) is 0 Å². The summed E-state index contributed by atoms with van der Waals surface area (Å²) >= 11 is 0. The molecule has 1 atom stereocenters. The highest BCUT2D eigenvalue weighted by molar-refractivity contribution is 5.78. The molecule has 0 aliphatic carbocycles. The molecule has 0 fully saturated rings. The van der Waals surface area contributed by atoms with Gasteiger partial charge in [-0.25, -0.2) is 0 Å². The number of rotatable bonds is 7. The summed E-state index contributed by atoms with van der Waals surface area (Å²) in [5, 5.41) is 2.93. The Morgan fingerprint density at radius 1 is 1.04 bits per heavy atom. The van der Waals surface area contributed by atoms with E-state index >= 15 is 0 Å². The highest BCUT2D eigenvalue weighted by Crippen LogP contribution is 2.29. The van der Waals surface area contributed by atoms with Crippen molar-refractivity contribution < 1.29 is 19.0 Å². The highest BCUT2D eigenvalue weighted by atomic mass is 16.5. The number of nitrogens with one attached hydrogen (secondary N) is 1. The van der Waals surface area contributed by atoms with Gasteiger partial charge in [-0.05, 0) is 56.2 Å². The summed E-state index contributed by atoms with van der Waals surface area (Å²) in [4.78, 5) is 12.2. The summed E-state index contributed by atoms with van der Waals surface area (Å²) in [7, 11) is 3.20. The van der Waals surface area contributed by atoms with Gasteiger partial charge in [0.2, 0.25) is 0 Å². The summed E-state index contributed by atoms with van der Waals surface area (Å²) in [6.07, 6.45) is 0. The van der Waals surface area contributed by atoms with Crippen molar-refractivity contribution >= 4 is 5.91 Å². The molecular weight excluding hydrogens is 318 g/mol. The molecule has 0 aliphatic heterocycles. The molecule has 1 N–H and O–H groups in total. The van der Waals surface area contributed by atoms with Crippen molar-refractivity contribution in [1.82, 2.24) is 5.32 Å². The Balaban J connectivity index is 2.01. The van der Waals surface area contributed by atoms with Crippen LogP contribution in [0.15, 0.2) is 36.4 Å². The lowest BCUT2D eigenvalue weighted by atomic mass is 10.1. The second-order valence-corrected chi connectivity index (χ2v) is 5.95. The first kappa shape index (κ1) is 18.6. The fourth-order valence-corrected chi connectivity index (χ4v) is 2.54. The monoisotopic (exact) mass is 343 g/mol. The second-order valence-electron chi connectivity index (χ2n) is 5.95. The van der Waals surface area contributed by atoms with Crippen molar-refractivity contribution in [3.05, 3.63) is 53.1 Å². The van der Waals surface area contributed by atoms with Gasteiger partial charge < -0.3 is 19.5 Å². The van der Waals surface area contributed by atoms with Gasteiger partial charge in [-0.2, -0.15) is 0 Å². The topological polar surface area (TPSA) is 56.8 Å². The maximum atomic E-state index is 12.2. The van der Waals surface area contributed by atoms with Crippen molar-refractivity contribution in [3.8, 4) is 17.2 Å². The Labute approximate surface area is 148 Å². The van der Waals surface area contributed by atoms with Crippen LogP contribution in [0.3, 0.4) is 0 Å². The van der Waals surface area contributed by atoms with E-state index in [0.717, 1.165) is 22.4 Å². The normalized spacial score (nSPS) is 11.6. The molecule has 0 aromatic heterocycles. The molecule has 5 nitrogen and oxygen atoms in total. The van der Waals surface area contributed by atoms with Crippen LogP contribution in [0.5, 0.6) is 17.2 Å². The van der Waals surface area contributed by atoms with Crippen molar-refractivity contribution in [2.75, 3.05) is 20.8 Å². The number of carbonyl (C=O) groups is 1. The molecule has 0 aliphatic rings. The lowest BCUT2D eigenvalue weighted by Gasteiger charge is -2.18. The van der Waals surface area contributed by atoms with Crippen LogP contribution in [0.2, 0.25) is 0 Å². The van der Waals surface area contributed by atoms with Crippen LogP contribution in [0, 0.1) is 13.8 Å². The van der Waals surface area contributed by atoms with Gasteiger partial charge in [-0.1, -0.05) is 12.1 Å². The molecule has 2 aromatic carbocycles. The summed E-state index contributed by atoms with van der Waals surface area (Å²) in [5.41, 5.74) is 2.94. The third-order valence-electron chi connectivity index (χ3n) is 3.98. The van der Waals surface area contributed by atoms with E-state index in [1.54, 1.807) is 14.2 Å². The summed E-state index contributed by atoms with van der Waals surface area (Å²) in [6, 6.07) is 11.2. The number of hydrogen-bond acceptors (Lipinski definition) is 4. The first-order valence-electron chi connectivity index (χ1n) is 8.16. The molecule has 1 amide bonds. The molecule has 2 aromatic rings. The highest BCUT2D eigenvalue weighted by Gasteiger charge is 2.16. The van der Waals surface area contributed by atoms with Crippen LogP contribution in [-0.2, 0) is 4.79 Å². The van der Waals surface area contributed by atoms with E-state index in [0.29, 0.717) is 11.5 Å². The summed E-state index contributed by atoms with van der Waals surface area (Å²) in [6.45, 7) is 5.80. The Morgan fingerprint density at radius 3 is 2.48 bits per heavy atom. The lowest BCUT2D eigenvalue weighted by Crippen LogP contribution is -2.31. The number of hydrogen-bond donors (Lipinski definition) is 1. The van der Waals surface area contributed by atoms with E-state index in [-0.39, 0.29) is 18.6 Å². The smallest absolute Gasteiger partial charge is 0.258 e. The minimum Gasteiger partial charge on any atom is -0.497 e. The van der Waals surface area contributed by atoms with Crippen molar-refractivity contribution in [2.45, 2.75) is 26.8 Å². The maximum absolute atomic E-state index is 12.2. The molecule has 0 bridgehead atoms. The van der Waals surface area contributed by atoms with Crippen molar-refractivity contribution in [3.63, 3.8) is 0 Å². The third-order valence-corrected chi connectivity index (χ3v) is 3.98. The molecule has 0 radical (unpaired) electrons. The van der Waals surface area contributed by atoms with Crippen LogP contribution in [-0.4, -0.2) is 26.7 Å². The first-order valence-corrected chi connectivity index (χ1v) is 8.16. The zero-order valence-electron chi connectivity index (χ0n) is 15.4. The largest absolute Gasteiger partial charge is 0.497 e. The number of ether oxygens (including phenoxy) is 3. The molecule has 0 spiro atoms. The fraction of sp³-hybridized carbons (Fsp3) is 0.350. The van der Waals surface area contributed by atoms with Crippen LogP contribution in [0.4, 0.5) is 0 Å². The minimum absolute atomic E-state index is 0.0408. The summed E-state index contributed by atoms with van der Waals surface area (Å²) < 4.78 is 16.3. The van der Waals surface area contributed by atoms with E-state index in [1.807, 2.05) is 57.2 Å². The minimum atomic E-state index is -0.236. The molecule has 2 rings (SSSR count). The van der Waals surface area contributed by atoms with Crippen LogP contribution in [0.25, 0.3) is 0 Å². The molecule has 0 saturated heterocycles. The van der Waals surface area contributed by atoms with Crippen molar-refractivity contribution in [2.24, 2.45) is 0 Å². The molecule has 1 unspecified atom stereocenters. The standard InChI is InChI=1S/C20H25NO4/c1-13-6-7-14(2)19(10-13)25-12-20(22)21-15(3)17-11-16(23-4)8-9-18(17)24-5/h6-11,15H,12H2,1-5H3,(H,21,22). The van der Waals surface area contributed by atoms with Gasteiger partial charge in [0, 0.05) is 5.56 Å². The number of aryl methyl sites for hydroxylation is 2. The number of methoxy groups -OCH3 is 2. The Morgan fingerprint density at radius 2 is 1.80 bits per heavy atom. The number of benzene rings is 2. The molecule has 0 heterocycles. The van der Waals surface area contributed by atoms with Gasteiger partial charge in [0.15, 0.2) is 6.61 Å². The second kappa shape index (κ2) is 8.42. The Kier molecular flexibility index (Phi) is 6.28. The molecule has 134 valence electrons. The van der Waals surface area contributed by atoms with E-state index in [9.17, 15) is 4.79 Å². The third kappa shape index (κ3) is 4.89. The van der Waals surface area contributed by atoms with E-state index in [1.165, 1.54) is 0 Å². The predicted octanol–water partition coefficient (Wildman–Crippen LogP) is 3.58. The lowest BCUT2D eigenvalue weighted by molar-refractivity contribution is -0.123. The van der Waals surface area contributed by atoms with Crippen LogP contribution in [0.1, 0.15) is 29.7 Å². The zero-order chi connectivity index (χ0) is 18.4. The Hall–Kier alpha value is -2.69. The number of carbonyl (C=O) groups excluding carboxylic acids is 1. The predicted molar refractivity (Wildman–Crippen MR) is 97.5 cm³/mol. The van der Waals surface area contributed by atoms with Gasteiger partial charge in [0.25, 0.3) is 5.91 Å². The van der Waals surface area contributed by atoms with Crippen molar-refractivity contribution in [1.29, 1.82) is 0 Å². The van der Waals surface area contributed by atoms with Gasteiger partial charge in [0.1, 0.15) is 17.2 Å². The van der Waals surface area contributed by atoms with E-state index < -0.39 is 0 Å². The quantitative estimate of drug-likeness (QED) is 0.835. The van der Waals surface area contributed by atoms with Gasteiger partial charge >= 0.3 is 0 Å². The maximum Gasteiger partial charge on any atom is 0.258 e. The first-order chi connectivity index (χ1) is 11.9. The van der Waals surface area contributed by atoms with Crippen LogP contribution >= 0.6 is 0 Å². The average molecular weight is 343 g/mol. The fourth-order valence-electron chi connectivity index (χ4n) is 2.54. The summed E-state index contributed by atoms with van der Waals surface area (Å²) in [5.74, 6) is 1.94. The zero-order valence-corrected chi connectivity index (χ0v) is 15.4. The Bertz CT molecular complexity index is 742. The average Bonchev–Trinajstić information content (AvgIpc) is 2.61. The molecule has 0 saturated carbocycles. The molecule has 5 heteroatoms.